The van der Waals surface area contributed by atoms with E-state index in [0.29, 0.717) is 22.5 Å². The summed E-state index contributed by atoms with van der Waals surface area (Å²) < 4.78 is 5.49. The first-order chi connectivity index (χ1) is 15.2. The van der Waals surface area contributed by atoms with Crippen LogP contribution in [0.25, 0.3) is 10.4 Å². The highest BCUT2D eigenvalue weighted by atomic mass is 32.1. The second-order valence-corrected chi connectivity index (χ2v) is 9.45. The molecule has 2 aromatic carbocycles. The van der Waals surface area contributed by atoms with E-state index in [2.05, 4.69) is 5.32 Å². The summed E-state index contributed by atoms with van der Waals surface area (Å²) in [5.41, 5.74) is 1.69. The van der Waals surface area contributed by atoms with Crippen LogP contribution in [0.3, 0.4) is 0 Å². The van der Waals surface area contributed by atoms with E-state index in [1.807, 2.05) is 51.1 Å². The quantitative estimate of drug-likeness (QED) is 0.479. The summed E-state index contributed by atoms with van der Waals surface area (Å²) in [6.45, 7) is 6.55. The lowest BCUT2D eigenvalue weighted by Crippen LogP contribution is -2.32. The Balaban J connectivity index is 1.95. The van der Waals surface area contributed by atoms with Crippen molar-refractivity contribution in [3.05, 3.63) is 82.2 Å². The molecule has 3 rings (SSSR count). The zero-order valence-electron chi connectivity index (χ0n) is 18.2. The van der Waals surface area contributed by atoms with Gasteiger partial charge in [-0.05, 0) is 34.6 Å². The van der Waals surface area contributed by atoms with Crippen LogP contribution >= 0.6 is 11.3 Å². The Labute approximate surface area is 190 Å². The molecule has 1 heterocycles. The van der Waals surface area contributed by atoms with E-state index >= 15 is 0 Å². The molecular formula is C25H25NO5S. The lowest BCUT2D eigenvalue weighted by Gasteiger charge is -2.19. The number of aromatic carboxylic acids is 1. The van der Waals surface area contributed by atoms with Crippen LogP contribution in [0.2, 0.25) is 0 Å². The van der Waals surface area contributed by atoms with E-state index in [1.165, 1.54) is 23.5 Å². The van der Waals surface area contributed by atoms with Gasteiger partial charge in [0.05, 0.1) is 11.1 Å². The summed E-state index contributed by atoms with van der Waals surface area (Å²) >= 11 is 1.22. The number of carboxylic acid groups (broad SMARTS) is 1. The largest absolute Gasteiger partial charge is 0.478 e. The number of nitrogens with one attached hydrogen (secondary N) is 1. The summed E-state index contributed by atoms with van der Waals surface area (Å²) in [5.74, 6) is -2.02. The highest BCUT2D eigenvalue weighted by Gasteiger charge is 2.23. The topological polar surface area (TPSA) is 92.7 Å². The van der Waals surface area contributed by atoms with Crippen molar-refractivity contribution in [3.8, 4) is 10.4 Å². The first kappa shape index (κ1) is 23.2. The second kappa shape index (κ2) is 9.78. The Morgan fingerprint density at radius 1 is 1.00 bits per heavy atom. The zero-order valence-corrected chi connectivity index (χ0v) is 19.0. The van der Waals surface area contributed by atoms with Crippen LogP contribution in [0.15, 0.2) is 60.0 Å². The van der Waals surface area contributed by atoms with Gasteiger partial charge in [0.2, 0.25) is 0 Å². The van der Waals surface area contributed by atoms with Gasteiger partial charge in [0.15, 0.2) is 0 Å². The van der Waals surface area contributed by atoms with Gasteiger partial charge in [0, 0.05) is 22.5 Å². The fraction of sp³-hybridized carbons (Fsp3) is 0.240. The van der Waals surface area contributed by atoms with Crippen molar-refractivity contribution in [2.45, 2.75) is 27.4 Å². The van der Waals surface area contributed by atoms with E-state index in [9.17, 15) is 19.5 Å². The Hall–Kier alpha value is -3.45. The van der Waals surface area contributed by atoms with Gasteiger partial charge in [-0.1, -0.05) is 57.2 Å². The maximum absolute atomic E-state index is 13.0. The van der Waals surface area contributed by atoms with E-state index in [4.69, 9.17) is 4.74 Å². The minimum absolute atomic E-state index is 0.0653. The molecule has 32 heavy (non-hydrogen) atoms. The van der Waals surface area contributed by atoms with Gasteiger partial charge in [0.25, 0.3) is 5.91 Å². The minimum atomic E-state index is -1.09. The number of hydrogen-bond donors (Lipinski definition) is 2. The second-order valence-electron chi connectivity index (χ2n) is 8.53. The van der Waals surface area contributed by atoms with Gasteiger partial charge in [0.1, 0.15) is 6.61 Å². The van der Waals surface area contributed by atoms with Crippen LogP contribution in [-0.4, -0.2) is 29.5 Å². The van der Waals surface area contributed by atoms with Crippen LogP contribution in [0, 0.1) is 5.41 Å². The van der Waals surface area contributed by atoms with Gasteiger partial charge in [-0.15, -0.1) is 11.3 Å². The lowest BCUT2D eigenvalue weighted by atomic mass is 9.96. The number of benzene rings is 2. The third-order valence-corrected chi connectivity index (χ3v) is 5.58. The molecule has 0 spiro atoms. The highest BCUT2D eigenvalue weighted by molar-refractivity contribution is 7.14. The molecule has 0 unspecified atom stereocenters. The Bertz CT molecular complexity index is 1130. The van der Waals surface area contributed by atoms with Crippen molar-refractivity contribution in [3.63, 3.8) is 0 Å². The number of thiophene rings is 1. The number of ether oxygens (including phenoxy) is 1. The Kier molecular flexibility index (Phi) is 7.10. The van der Waals surface area contributed by atoms with Gasteiger partial charge in [-0.25, -0.2) is 9.59 Å². The fourth-order valence-corrected chi connectivity index (χ4v) is 3.91. The number of esters is 1. The zero-order chi connectivity index (χ0) is 23.3. The number of carbonyl (C=O) groups is 3. The van der Waals surface area contributed by atoms with Crippen LogP contribution in [0.5, 0.6) is 0 Å². The molecule has 1 amide bonds. The van der Waals surface area contributed by atoms with Crippen molar-refractivity contribution < 1.29 is 24.2 Å². The number of carboxylic acids is 1. The molecule has 0 radical (unpaired) electrons. The molecule has 1 aromatic heterocycles. The van der Waals surface area contributed by atoms with E-state index in [0.717, 1.165) is 5.56 Å². The van der Waals surface area contributed by atoms with Gasteiger partial charge in [-0.3, -0.25) is 4.79 Å². The molecule has 0 saturated heterocycles. The fourth-order valence-electron chi connectivity index (χ4n) is 2.99. The predicted octanol–water partition coefficient (Wildman–Crippen LogP) is 5.25. The van der Waals surface area contributed by atoms with Gasteiger partial charge in [-0.2, -0.15) is 0 Å². The maximum atomic E-state index is 13.0. The summed E-state index contributed by atoms with van der Waals surface area (Å²) in [6, 6.07) is 15.4. The maximum Gasteiger partial charge on any atom is 0.339 e. The predicted molar refractivity (Wildman–Crippen MR) is 124 cm³/mol. The molecule has 7 heteroatoms. The molecule has 166 valence electrons. The molecular weight excluding hydrogens is 426 g/mol. The van der Waals surface area contributed by atoms with Crippen molar-refractivity contribution >= 4 is 29.2 Å². The minimum Gasteiger partial charge on any atom is -0.478 e. The van der Waals surface area contributed by atoms with Crippen LogP contribution in [0.1, 0.15) is 57.4 Å². The molecule has 3 aromatic rings. The Morgan fingerprint density at radius 3 is 2.38 bits per heavy atom. The molecule has 0 saturated carbocycles. The highest BCUT2D eigenvalue weighted by Crippen LogP contribution is 2.33. The number of rotatable bonds is 7. The van der Waals surface area contributed by atoms with E-state index in [1.54, 1.807) is 17.5 Å². The summed E-state index contributed by atoms with van der Waals surface area (Å²) in [5, 5.41) is 14.0. The molecule has 6 nitrogen and oxygen atoms in total. The third kappa shape index (κ3) is 5.82. The molecule has 0 bridgehead atoms. The van der Waals surface area contributed by atoms with Gasteiger partial charge < -0.3 is 15.2 Å². The Morgan fingerprint density at radius 2 is 1.72 bits per heavy atom. The van der Waals surface area contributed by atoms with Crippen LogP contribution in [-0.2, 0) is 11.3 Å². The number of amides is 1. The molecule has 0 aliphatic heterocycles. The van der Waals surface area contributed by atoms with E-state index in [-0.39, 0.29) is 29.1 Å². The normalized spacial score (nSPS) is 11.1. The summed E-state index contributed by atoms with van der Waals surface area (Å²) in [4.78, 5) is 37.7. The molecule has 0 fully saturated rings. The number of carbonyl (C=O) groups excluding carboxylic acids is 2. The molecule has 0 atom stereocenters. The van der Waals surface area contributed by atoms with Crippen molar-refractivity contribution in [2.24, 2.45) is 5.41 Å². The van der Waals surface area contributed by atoms with Crippen LogP contribution in [0.4, 0.5) is 0 Å². The van der Waals surface area contributed by atoms with Gasteiger partial charge >= 0.3 is 11.9 Å². The molecule has 2 N–H and O–H groups in total. The standard InChI is InChI=1S/C25H25NO5S/c1-25(2,3)15-26-22(27)17-9-10-18(21-19(23(28)29)11-12-32-21)20(13-17)24(30)31-14-16-7-5-4-6-8-16/h4-13H,14-15H2,1-3H3,(H,26,27)(H,28,29). The number of hydrogen-bond acceptors (Lipinski definition) is 5. The van der Waals surface area contributed by atoms with Crippen molar-refractivity contribution in [1.29, 1.82) is 0 Å². The first-order valence-corrected chi connectivity index (χ1v) is 11.0. The lowest BCUT2D eigenvalue weighted by molar-refractivity contribution is 0.0473. The van der Waals surface area contributed by atoms with Crippen molar-refractivity contribution in [1.82, 2.24) is 5.32 Å². The monoisotopic (exact) mass is 451 g/mol. The average molecular weight is 452 g/mol. The SMILES string of the molecule is CC(C)(C)CNC(=O)c1ccc(-c2sccc2C(=O)O)c(C(=O)OCc2ccccc2)c1. The van der Waals surface area contributed by atoms with E-state index < -0.39 is 11.9 Å². The average Bonchev–Trinajstić information content (AvgIpc) is 3.26. The smallest absolute Gasteiger partial charge is 0.339 e. The molecule has 0 aliphatic rings. The third-order valence-electron chi connectivity index (χ3n) is 4.63. The van der Waals surface area contributed by atoms with Crippen molar-refractivity contribution in [2.75, 3.05) is 6.54 Å². The van der Waals surface area contributed by atoms with Crippen LogP contribution < -0.4 is 5.32 Å². The summed E-state index contributed by atoms with van der Waals surface area (Å²) in [6.07, 6.45) is 0. The summed E-state index contributed by atoms with van der Waals surface area (Å²) in [7, 11) is 0. The first-order valence-electron chi connectivity index (χ1n) is 10.1. The molecule has 0 aliphatic carbocycles.